The predicted molar refractivity (Wildman–Crippen MR) is 48.4 cm³/mol. The Bertz CT molecular complexity index is 193. The molecular formula is C8H8IO. The number of hydrogen-bond acceptors (Lipinski definition) is 0. The summed E-state index contributed by atoms with van der Waals surface area (Å²) in [5, 5.41) is 10.2. The number of hydrogen-bond donors (Lipinski definition) is 0. The SMILES string of the molecule is [O]CCc1ccc(I)cc1. The molecule has 53 valence electrons. The van der Waals surface area contributed by atoms with E-state index in [0.717, 1.165) is 5.56 Å². The fourth-order valence-corrected chi connectivity index (χ4v) is 1.13. The van der Waals surface area contributed by atoms with E-state index < -0.39 is 0 Å². The first-order valence-electron chi connectivity index (χ1n) is 3.15. The van der Waals surface area contributed by atoms with E-state index in [9.17, 15) is 5.11 Å². The van der Waals surface area contributed by atoms with Crippen molar-refractivity contribution < 1.29 is 5.11 Å². The second-order valence-corrected chi connectivity index (χ2v) is 3.33. The smallest absolute Gasteiger partial charge is 0.0862 e. The van der Waals surface area contributed by atoms with Crippen molar-refractivity contribution in [1.29, 1.82) is 0 Å². The molecule has 0 N–H and O–H groups in total. The van der Waals surface area contributed by atoms with Crippen LogP contribution in [0.25, 0.3) is 0 Å². The van der Waals surface area contributed by atoms with E-state index in [1.807, 2.05) is 24.3 Å². The molecule has 0 saturated heterocycles. The van der Waals surface area contributed by atoms with Crippen LogP contribution in [-0.2, 0) is 11.5 Å². The van der Waals surface area contributed by atoms with Crippen molar-refractivity contribution in [1.82, 2.24) is 0 Å². The highest BCUT2D eigenvalue weighted by Crippen LogP contribution is 2.06. The summed E-state index contributed by atoms with van der Waals surface area (Å²) in [5.74, 6) is 0. The van der Waals surface area contributed by atoms with E-state index in [1.54, 1.807) is 0 Å². The van der Waals surface area contributed by atoms with Gasteiger partial charge in [0.05, 0.1) is 6.61 Å². The van der Waals surface area contributed by atoms with Crippen molar-refractivity contribution in [2.75, 3.05) is 6.61 Å². The van der Waals surface area contributed by atoms with E-state index in [2.05, 4.69) is 22.6 Å². The highest BCUT2D eigenvalue weighted by molar-refractivity contribution is 14.1. The van der Waals surface area contributed by atoms with Crippen LogP contribution in [0.5, 0.6) is 0 Å². The van der Waals surface area contributed by atoms with Crippen LogP contribution in [-0.4, -0.2) is 6.61 Å². The van der Waals surface area contributed by atoms with Gasteiger partial charge in [0.2, 0.25) is 0 Å². The van der Waals surface area contributed by atoms with Crippen molar-refractivity contribution in [2.45, 2.75) is 6.42 Å². The molecule has 0 unspecified atom stereocenters. The Kier molecular flexibility index (Phi) is 3.15. The van der Waals surface area contributed by atoms with E-state index in [4.69, 9.17) is 0 Å². The first-order chi connectivity index (χ1) is 4.83. The Labute approximate surface area is 74.2 Å². The monoisotopic (exact) mass is 247 g/mol. The molecule has 0 spiro atoms. The molecule has 0 aromatic heterocycles. The quantitative estimate of drug-likeness (QED) is 0.714. The Morgan fingerprint density at radius 2 is 1.80 bits per heavy atom. The van der Waals surface area contributed by atoms with Gasteiger partial charge in [-0.3, -0.25) is 0 Å². The first kappa shape index (κ1) is 8.01. The molecule has 0 aliphatic heterocycles. The van der Waals surface area contributed by atoms with Gasteiger partial charge in [0.25, 0.3) is 0 Å². The highest BCUT2D eigenvalue weighted by Gasteiger charge is 1.90. The van der Waals surface area contributed by atoms with Crippen LogP contribution < -0.4 is 0 Å². The van der Waals surface area contributed by atoms with Crippen molar-refractivity contribution in [2.24, 2.45) is 0 Å². The largest absolute Gasteiger partial charge is 0.236 e. The molecular weight excluding hydrogens is 239 g/mol. The zero-order valence-corrected chi connectivity index (χ0v) is 7.67. The molecule has 0 fully saturated rings. The Balaban J connectivity index is 2.69. The van der Waals surface area contributed by atoms with E-state index in [0.29, 0.717) is 6.42 Å². The number of rotatable bonds is 2. The lowest BCUT2D eigenvalue weighted by molar-refractivity contribution is 0.197. The van der Waals surface area contributed by atoms with Gasteiger partial charge in [0.15, 0.2) is 0 Å². The Morgan fingerprint density at radius 1 is 1.20 bits per heavy atom. The molecule has 1 aromatic carbocycles. The lowest BCUT2D eigenvalue weighted by atomic mass is 10.2. The number of halogens is 1. The third kappa shape index (κ3) is 2.27. The summed E-state index contributed by atoms with van der Waals surface area (Å²) >= 11 is 2.25. The molecule has 1 nitrogen and oxygen atoms in total. The molecule has 0 heterocycles. The van der Waals surface area contributed by atoms with Crippen LogP contribution in [0.3, 0.4) is 0 Å². The summed E-state index contributed by atoms with van der Waals surface area (Å²) in [6.45, 7) is -0.0133. The van der Waals surface area contributed by atoms with Gasteiger partial charge in [-0.15, -0.1) is 0 Å². The van der Waals surface area contributed by atoms with E-state index in [-0.39, 0.29) is 6.61 Å². The summed E-state index contributed by atoms with van der Waals surface area (Å²) in [6.07, 6.45) is 0.650. The second-order valence-electron chi connectivity index (χ2n) is 2.08. The van der Waals surface area contributed by atoms with Gasteiger partial charge in [-0.25, -0.2) is 5.11 Å². The standard InChI is InChI=1S/C8H8IO/c9-8-3-1-7(2-4-8)5-6-10/h1-4H,5-6H2. The fraction of sp³-hybridized carbons (Fsp3) is 0.250. The molecule has 1 radical (unpaired) electrons. The Morgan fingerprint density at radius 3 is 2.30 bits per heavy atom. The minimum Gasteiger partial charge on any atom is -0.236 e. The Hall–Kier alpha value is -0.0900. The van der Waals surface area contributed by atoms with Crippen LogP contribution >= 0.6 is 22.6 Å². The van der Waals surface area contributed by atoms with Crippen LogP contribution in [0, 0.1) is 3.57 Å². The third-order valence-corrected chi connectivity index (χ3v) is 2.02. The van der Waals surface area contributed by atoms with Crippen LogP contribution in [0.2, 0.25) is 0 Å². The maximum absolute atomic E-state index is 10.2. The van der Waals surface area contributed by atoms with Crippen molar-refractivity contribution in [3.05, 3.63) is 33.4 Å². The lowest BCUT2D eigenvalue weighted by Gasteiger charge is -1.95. The summed E-state index contributed by atoms with van der Waals surface area (Å²) in [5.41, 5.74) is 1.13. The third-order valence-electron chi connectivity index (χ3n) is 1.30. The molecule has 1 rings (SSSR count). The summed E-state index contributed by atoms with van der Waals surface area (Å²) < 4.78 is 1.22. The zero-order valence-electron chi connectivity index (χ0n) is 5.51. The molecule has 0 atom stereocenters. The van der Waals surface area contributed by atoms with Gasteiger partial charge in [0, 0.05) is 3.57 Å². The molecule has 0 amide bonds. The molecule has 0 aliphatic rings. The second kappa shape index (κ2) is 3.93. The lowest BCUT2D eigenvalue weighted by Crippen LogP contribution is -1.87. The topological polar surface area (TPSA) is 19.9 Å². The predicted octanol–water partition coefficient (Wildman–Crippen LogP) is 2.26. The van der Waals surface area contributed by atoms with Crippen LogP contribution in [0.4, 0.5) is 0 Å². The summed E-state index contributed by atoms with van der Waals surface area (Å²) in [6, 6.07) is 8.04. The minimum absolute atomic E-state index is 0.0133. The van der Waals surface area contributed by atoms with Crippen molar-refractivity contribution in [3.8, 4) is 0 Å². The van der Waals surface area contributed by atoms with E-state index >= 15 is 0 Å². The molecule has 0 saturated carbocycles. The summed E-state index contributed by atoms with van der Waals surface area (Å²) in [7, 11) is 0. The van der Waals surface area contributed by atoms with Gasteiger partial charge >= 0.3 is 0 Å². The van der Waals surface area contributed by atoms with Crippen molar-refractivity contribution in [3.63, 3.8) is 0 Å². The van der Waals surface area contributed by atoms with Gasteiger partial charge in [-0.2, -0.15) is 0 Å². The van der Waals surface area contributed by atoms with Crippen molar-refractivity contribution >= 4 is 22.6 Å². The highest BCUT2D eigenvalue weighted by atomic mass is 127. The molecule has 0 aliphatic carbocycles. The van der Waals surface area contributed by atoms with E-state index in [1.165, 1.54) is 3.57 Å². The molecule has 1 aromatic rings. The normalized spacial score (nSPS) is 9.80. The molecule has 0 bridgehead atoms. The average Bonchev–Trinajstić information content (AvgIpc) is 1.95. The summed E-state index contributed by atoms with van der Waals surface area (Å²) in [4.78, 5) is 0. The van der Waals surface area contributed by atoms with Gasteiger partial charge in [-0.05, 0) is 46.7 Å². The van der Waals surface area contributed by atoms with Gasteiger partial charge < -0.3 is 0 Å². The minimum atomic E-state index is -0.0133. The first-order valence-corrected chi connectivity index (χ1v) is 4.23. The fourth-order valence-electron chi connectivity index (χ4n) is 0.769. The zero-order chi connectivity index (χ0) is 7.40. The maximum atomic E-state index is 10.2. The van der Waals surface area contributed by atoms with Crippen LogP contribution in [0.15, 0.2) is 24.3 Å². The van der Waals surface area contributed by atoms with Gasteiger partial charge in [0.1, 0.15) is 0 Å². The van der Waals surface area contributed by atoms with Gasteiger partial charge in [-0.1, -0.05) is 12.1 Å². The molecule has 10 heavy (non-hydrogen) atoms. The van der Waals surface area contributed by atoms with Crippen LogP contribution in [0.1, 0.15) is 5.56 Å². The number of benzene rings is 1. The average molecular weight is 247 g/mol. The molecule has 2 heteroatoms. The maximum Gasteiger partial charge on any atom is 0.0862 e.